The minimum atomic E-state index is -0.267. The third kappa shape index (κ3) is 5.42. The van der Waals surface area contributed by atoms with Crippen molar-refractivity contribution in [1.29, 1.82) is 0 Å². The van der Waals surface area contributed by atoms with Gasteiger partial charge in [-0.05, 0) is 37.1 Å². The lowest BCUT2D eigenvalue weighted by Crippen LogP contribution is -2.43. The summed E-state index contributed by atoms with van der Waals surface area (Å²) in [5, 5.41) is 0. The maximum atomic E-state index is 13.9. The molecule has 1 atom stereocenters. The molecule has 2 aromatic rings. The maximum Gasteiger partial charge on any atom is 0.225 e. The zero-order valence-corrected chi connectivity index (χ0v) is 19.0. The first-order valence-electron chi connectivity index (χ1n) is 11.4. The monoisotopic (exact) mass is 441 g/mol. The van der Waals surface area contributed by atoms with Gasteiger partial charge in [0.05, 0.1) is 18.9 Å². The van der Waals surface area contributed by atoms with Crippen LogP contribution in [0.3, 0.4) is 0 Å². The lowest BCUT2D eigenvalue weighted by molar-refractivity contribution is -0.135. The number of ether oxygens (including phenoxy) is 1. The van der Waals surface area contributed by atoms with Gasteiger partial charge in [0.15, 0.2) is 0 Å². The molecule has 0 aliphatic carbocycles. The van der Waals surface area contributed by atoms with Crippen LogP contribution >= 0.6 is 0 Å². The minimum absolute atomic E-state index is 0.202. The zero-order chi connectivity index (χ0) is 22.5. The van der Waals surface area contributed by atoms with Crippen LogP contribution in [0.5, 0.6) is 0 Å². The fourth-order valence-corrected chi connectivity index (χ4v) is 4.50. The number of hydrogen-bond acceptors (Lipinski definition) is 6. The van der Waals surface area contributed by atoms with Gasteiger partial charge in [-0.2, -0.15) is 0 Å². The van der Waals surface area contributed by atoms with Gasteiger partial charge >= 0.3 is 0 Å². The Bertz CT molecular complexity index is 932. The van der Waals surface area contributed by atoms with Gasteiger partial charge in [0.1, 0.15) is 5.82 Å². The first kappa shape index (κ1) is 22.6. The van der Waals surface area contributed by atoms with E-state index in [2.05, 4.69) is 9.88 Å². The fraction of sp³-hybridized carbons (Fsp3) is 0.542. The molecule has 1 aromatic heterocycles. The smallest absolute Gasteiger partial charge is 0.225 e. The normalized spacial score (nSPS) is 19.7. The van der Waals surface area contributed by atoms with Crippen molar-refractivity contribution in [3.63, 3.8) is 0 Å². The molecule has 0 N–H and O–H groups in total. The van der Waals surface area contributed by atoms with E-state index in [1.807, 2.05) is 36.2 Å². The average molecular weight is 442 g/mol. The van der Waals surface area contributed by atoms with Crippen molar-refractivity contribution >= 4 is 11.9 Å². The van der Waals surface area contributed by atoms with Crippen molar-refractivity contribution in [2.45, 2.75) is 25.2 Å². The predicted molar refractivity (Wildman–Crippen MR) is 122 cm³/mol. The number of hydrogen-bond donors (Lipinski definition) is 0. The van der Waals surface area contributed by atoms with Gasteiger partial charge in [0.2, 0.25) is 11.9 Å². The Balaban J connectivity index is 1.50. The highest BCUT2D eigenvalue weighted by atomic mass is 19.1. The number of halogens is 1. The highest BCUT2D eigenvalue weighted by molar-refractivity contribution is 5.76. The molecule has 8 heteroatoms. The molecule has 172 valence electrons. The largest absolute Gasteiger partial charge is 0.378 e. The van der Waals surface area contributed by atoms with E-state index in [1.54, 1.807) is 12.1 Å². The van der Waals surface area contributed by atoms with Crippen molar-refractivity contribution in [2.75, 3.05) is 64.9 Å². The molecular formula is C24H32FN5O2. The number of carbonyl (C=O) groups excluding carboxylic acids is 1. The SMILES string of the molecule is CN(C)c1ncc(-c2cccc(F)c2)c(C2CCCN(CCC(=O)N3CCOCC3)C2)n1. The molecule has 2 fully saturated rings. The van der Waals surface area contributed by atoms with Crippen molar-refractivity contribution in [2.24, 2.45) is 0 Å². The molecule has 32 heavy (non-hydrogen) atoms. The number of anilines is 1. The predicted octanol–water partition coefficient (Wildman–Crippen LogP) is 2.78. The van der Waals surface area contributed by atoms with E-state index < -0.39 is 0 Å². The lowest BCUT2D eigenvalue weighted by Gasteiger charge is -2.34. The summed E-state index contributed by atoms with van der Waals surface area (Å²) in [6, 6.07) is 6.62. The van der Waals surface area contributed by atoms with E-state index in [-0.39, 0.29) is 17.6 Å². The molecule has 0 radical (unpaired) electrons. The summed E-state index contributed by atoms with van der Waals surface area (Å²) in [6.07, 6.45) is 4.39. The second-order valence-corrected chi connectivity index (χ2v) is 8.76. The summed E-state index contributed by atoms with van der Waals surface area (Å²) in [4.78, 5) is 28.1. The number of rotatable bonds is 6. The molecule has 0 saturated carbocycles. The summed E-state index contributed by atoms with van der Waals surface area (Å²) in [6.45, 7) is 5.19. The minimum Gasteiger partial charge on any atom is -0.378 e. The third-order valence-corrected chi connectivity index (χ3v) is 6.24. The van der Waals surface area contributed by atoms with Crippen molar-refractivity contribution in [3.8, 4) is 11.1 Å². The first-order valence-corrected chi connectivity index (χ1v) is 11.4. The number of piperidine rings is 1. The Kier molecular flexibility index (Phi) is 7.32. The van der Waals surface area contributed by atoms with E-state index in [0.717, 1.165) is 49.3 Å². The molecule has 2 aliphatic heterocycles. The molecule has 7 nitrogen and oxygen atoms in total. The van der Waals surface area contributed by atoms with Crippen LogP contribution < -0.4 is 4.90 Å². The average Bonchev–Trinajstić information content (AvgIpc) is 2.83. The number of morpholine rings is 1. The molecule has 2 aliphatic rings. The van der Waals surface area contributed by atoms with Gasteiger partial charge in [0, 0.05) is 64.4 Å². The summed E-state index contributed by atoms with van der Waals surface area (Å²) in [5.41, 5.74) is 2.63. The number of benzene rings is 1. The molecule has 0 spiro atoms. The van der Waals surface area contributed by atoms with E-state index in [4.69, 9.17) is 9.72 Å². The number of aromatic nitrogens is 2. The van der Waals surface area contributed by atoms with Crippen LogP contribution in [0.25, 0.3) is 11.1 Å². The highest BCUT2D eigenvalue weighted by Gasteiger charge is 2.27. The molecule has 4 rings (SSSR count). The Hall–Kier alpha value is -2.58. The molecule has 3 heterocycles. The van der Waals surface area contributed by atoms with E-state index >= 15 is 0 Å². The van der Waals surface area contributed by atoms with Crippen molar-refractivity contribution in [3.05, 3.63) is 42.0 Å². The Labute approximate surface area is 189 Å². The first-order chi connectivity index (χ1) is 15.5. The molecule has 0 bridgehead atoms. The molecule has 1 unspecified atom stereocenters. The van der Waals surface area contributed by atoms with Gasteiger partial charge in [-0.25, -0.2) is 14.4 Å². The quantitative estimate of drug-likeness (QED) is 0.687. The zero-order valence-electron chi connectivity index (χ0n) is 19.0. The van der Waals surface area contributed by atoms with Crippen LogP contribution in [0.2, 0.25) is 0 Å². The van der Waals surface area contributed by atoms with Crippen molar-refractivity contribution in [1.82, 2.24) is 19.8 Å². The second kappa shape index (κ2) is 10.4. The Morgan fingerprint density at radius 3 is 2.81 bits per heavy atom. The molecule has 1 aromatic carbocycles. The Morgan fingerprint density at radius 2 is 2.06 bits per heavy atom. The number of nitrogens with zero attached hydrogens (tertiary/aromatic N) is 5. The van der Waals surface area contributed by atoms with Gasteiger partial charge in [-0.1, -0.05) is 12.1 Å². The summed E-state index contributed by atoms with van der Waals surface area (Å²) < 4.78 is 19.3. The van der Waals surface area contributed by atoms with Crippen LogP contribution in [0.4, 0.5) is 10.3 Å². The van der Waals surface area contributed by atoms with E-state index in [1.165, 1.54) is 6.07 Å². The van der Waals surface area contributed by atoms with Crippen LogP contribution in [0.15, 0.2) is 30.5 Å². The van der Waals surface area contributed by atoms with Crippen molar-refractivity contribution < 1.29 is 13.9 Å². The maximum absolute atomic E-state index is 13.9. The van der Waals surface area contributed by atoms with E-state index in [9.17, 15) is 9.18 Å². The number of amides is 1. The molecular weight excluding hydrogens is 409 g/mol. The van der Waals surface area contributed by atoms with Gasteiger partial charge < -0.3 is 19.4 Å². The van der Waals surface area contributed by atoms with Gasteiger partial charge in [0.25, 0.3) is 0 Å². The van der Waals surface area contributed by atoms with Crippen LogP contribution in [0.1, 0.15) is 30.9 Å². The molecule has 1 amide bonds. The van der Waals surface area contributed by atoms with Gasteiger partial charge in [-0.15, -0.1) is 0 Å². The van der Waals surface area contributed by atoms with Crippen LogP contribution in [-0.4, -0.2) is 85.7 Å². The highest BCUT2D eigenvalue weighted by Crippen LogP contribution is 2.34. The summed E-state index contributed by atoms with van der Waals surface area (Å²) >= 11 is 0. The number of carbonyl (C=O) groups is 1. The topological polar surface area (TPSA) is 61.8 Å². The molecule has 2 saturated heterocycles. The fourth-order valence-electron chi connectivity index (χ4n) is 4.50. The van der Waals surface area contributed by atoms with Crippen LogP contribution in [-0.2, 0) is 9.53 Å². The standard InChI is InChI=1S/C24H32FN5O2/c1-28(2)24-26-16-21(18-5-3-7-20(25)15-18)23(27-24)19-6-4-9-29(17-19)10-8-22(31)30-11-13-32-14-12-30/h3,5,7,15-16,19H,4,6,8-14,17H2,1-2H3. The van der Waals surface area contributed by atoms with E-state index in [0.29, 0.717) is 38.7 Å². The number of likely N-dealkylation sites (tertiary alicyclic amines) is 1. The van der Waals surface area contributed by atoms with Gasteiger partial charge in [-0.3, -0.25) is 4.79 Å². The third-order valence-electron chi connectivity index (χ3n) is 6.24. The summed E-state index contributed by atoms with van der Waals surface area (Å²) in [5.74, 6) is 0.798. The summed E-state index contributed by atoms with van der Waals surface area (Å²) in [7, 11) is 3.84. The lowest BCUT2D eigenvalue weighted by atomic mass is 9.90. The Morgan fingerprint density at radius 1 is 1.25 bits per heavy atom. The second-order valence-electron chi connectivity index (χ2n) is 8.76. The van der Waals surface area contributed by atoms with Crippen LogP contribution in [0, 0.1) is 5.82 Å².